The monoisotopic (exact) mass is 464 g/mol. The second-order valence-electron chi connectivity index (χ2n) is 7.92. The molecule has 3 aromatic rings. The number of carbonyl (C=O) groups is 2. The molecule has 2 aromatic heterocycles. The molecule has 0 radical (unpaired) electrons. The molecule has 2 aliphatic rings. The van der Waals surface area contributed by atoms with Gasteiger partial charge in [-0.05, 0) is 67.3 Å². The Morgan fingerprint density at radius 1 is 1.12 bits per heavy atom. The van der Waals surface area contributed by atoms with E-state index < -0.39 is 24.5 Å². The van der Waals surface area contributed by atoms with Gasteiger partial charge in [0.25, 0.3) is 5.91 Å². The van der Waals surface area contributed by atoms with Crippen molar-refractivity contribution in [2.24, 2.45) is 11.0 Å². The van der Waals surface area contributed by atoms with Crippen LogP contribution in [0.15, 0.2) is 80.6 Å². The summed E-state index contributed by atoms with van der Waals surface area (Å²) in [5.41, 5.74) is 2.07. The average molecular weight is 465 g/mol. The number of ether oxygens (including phenoxy) is 1. The van der Waals surface area contributed by atoms with Crippen LogP contribution >= 0.6 is 11.6 Å². The van der Waals surface area contributed by atoms with E-state index >= 15 is 0 Å². The number of nitrogens with zero attached hydrogens (tertiary/aromatic N) is 2. The lowest BCUT2D eigenvalue weighted by Crippen LogP contribution is -2.34. The molecular weight excluding hydrogens is 444 g/mol. The number of benzene rings is 1. The Bertz CT molecular complexity index is 1210. The third-order valence-electron chi connectivity index (χ3n) is 5.87. The number of hydrogen-bond acceptors (Lipinski definition) is 6. The van der Waals surface area contributed by atoms with Crippen LogP contribution in [0.25, 0.3) is 6.08 Å². The lowest BCUT2D eigenvalue weighted by Gasteiger charge is -2.27. The summed E-state index contributed by atoms with van der Waals surface area (Å²) < 4.78 is 16.4. The van der Waals surface area contributed by atoms with Gasteiger partial charge in [-0.15, -0.1) is 0 Å². The van der Waals surface area contributed by atoms with Crippen molar-refractivity contribution in [3.8, 4) is 0 Å². The molecule has 5 rings (SSSR count). The van der Waals surface area contributed by atoms with Crippen LogP contribution in [-0.2, 0) is 9.53 Å². The number of hydrogen-bond donors (Lipinski definition) is 0. The predicted octanol–water partition coefficient (Wildman–Crippen LogP) is 5.51. The molecule has 3 heterocycles. The number of carbonyl (C=O) groups excluding carboxylic acids is 2. The van der Waals surface area contributed by atoms with Crippen LogP contribution in [0.5, 0.6) is 0 Å². The molecule has 0 spiro atoms. The van der Waals surface area contributed by atoms with E-state index in [1.807, 2.05) is 24.3 Å². The molecule has 1 aliphatic heterocycles. The highest BCUT2D eigenvalue weighted by Gasteiger charge is 2.45. The molecule has 0 unspecified atom stereocenters. The largest absolute Gasteiger partial charge is 0.467 e. The molecule has 8 heteroatoms. The van der Waals surface area contributed by atoms with Crippen molar-refractivity contribution >= 4 is 35.3 Å². The third-order valence-corrected chi connectivity index (χ3v) is 6.20. The van der Waals surface area contributed by atoms with Crippen LogP contribution in [0.2, 0.25) is 5.02 Å². The third kappa shape index (κ3) is 4.24. The van der Waals surface area contributed by atoms with Crippen molar-refractivity contribution in [3.63, 3.8) is 0 Å². The Kier molecular flexibility index (Phi) is 5.88. The van der Waals surface area contributed by atoms with E-state index in [1.165, 1.54) is 5.01 Å². The second kappa shape index (κ2) is 9.11. The maximum absolute atomic E-state index is 13.2. The van der Waals surface area contributed by atoms with E-state index in [0.717, 1.165) is 36.3 Å². The van der Waals surface area contributed by atoms with Crippen LogP contribution in [0.1, 0.15) is 47.2 Å². The number of allylic oxidation sites excluding steroid dienone is 1. The molecule has 1 saturated carbocycles. The summed E-state index contributed by atoms with van der Waals surface area (Å²) in [6, 6.07) is 13.5. The summed E-state index contributed by atoms with van der Waals surface area (Å²) in [4.78, 5) is 25.6. The van der Waals surface area contributed by atoms with Crippen molar-refractivity contribution in [2.75, 3.05) is 6.61 Å². The zero-order valence-corrected chi connectivity index (χ0v) is 18.4. The molecule has 0 saturated heterocycles. The molecule has 1 fully saturated rings. The number of hydrazone groups is 1. The van der Waals surface area contributed by atoms with Crippen LogP contribution in [0.4, 0.5) is 0 Å². The summed E-state index contributed by atoms with van der Waals surface area (Å²) in [7, 11) is 0. The highest BCUT2D eigenvalue weighted by molar-refractivity contribution is 6.33. The van der Waals surface area contributed by atoms with Crippen LogP contribution in [-0.4, -0.2) is 29.2 Å². The molecule has 0 N–H and O–H groups in total. The van der Waals surface area contributed by atoms with E-state index in [9.17, 15) is 9.59 Å². The zero-order valence-electron chi connectivity index (χ0n) is 17.6. The van der Waals surface area contributed by atoms with Crippen molar-refractivity contribution in [3.05, 3.63) is 88.7 Å². The van der Waals surface area contributed by atoms with Crippen molar-refractivity contribution in [1.29, 1.82) is 0 Å². The first-order chi connectivity index (χ1) is 16.1. The fraction of sp³-hybridized carbons (Fsp3) is 0.240. The maximum atomic E-state index is 13.2. The quantitative estimate of drug-likeness (QED) is 0.465. The van der Waals surface area contributed by atoms with Gasteiger partial charge in [0, 0.05) is 5.92 Å². The number of esters is 1. The Morgan fingerprint density at radius 2 is 1.94 bits per heavy atom. The van der Waals surface area contributed by atoms with Gasteiger partial charge < -0.3 is 13.6 Å². The predicted molar refractivity (Wildman–Crippen MR) is 121 cm³/mol. The number of rotatable bonds is 5. The molecule has 2 atom stereocenters. The van der Waals surface area contributed by atoms with Crippen molar-refractivity contribution in [1.82, 2.24) is 5.01 Å². The van der Waals surface area contributed by atoms with Gasteiger partial charge in [-0.25, -0.2) is 9.80 Å². The minimum absolute atomic E-state index is 0.0191. The minimum atomic E-state index is -0.661. The first-order valence-corrected chi connectivity index (χ1v) is 11.1. The van der Waals surface area contributed by atoms with Crippen molar-refractivity contribution < 1.29 is 23.2 Å². The first kappa shape index (κ1) is 21.3. The number of fused-ring (bicyclic) bond motifs is 1. The molecule has 1 aliphatic carbocycles. The van der Waals surface area contributed by atoms with Gasteiger partial charge >= 0.3 is 5.97 Å². The van der Waals surface area contributed by atoms with Crippen LogP contribution in [0, 0.1) is 5.92 Å². The molecule has 168 valence electrons. The minimum Gasteiger partial charge on any atom is -0.467 e. The topological polar surface area (TPSA) is 85.3 Å². The Labute approximate surface area is 195 Å². The second-order valence-corrected chi connectivity index (χ2v) is 8.33. The normalized spacial score (nSPS) is 21.1. The van der Waals surface area contributed by atoms with Crippen LogP contribution in [0.3, 0.4) is 0 Å². The Balaban J connectivity index is 1.40. The van der Waals surface area contributed by atoms with Gasteiger partial charge in [0.2, 0.25) is 0 Å². The summed E-state index contributed by atoms with van der Waals surface area (Å²) in [5.74, 6) is 0.265. The lowest BCUT2D eigenvalue weighted by molar-refractivity contribution is -0.137. The highest BCUT2D eigenvalue weighted by Crippen LogP contribution is 2.44. The fourth-order valence-corrected chi connectivity index (χ4v) is 4.60. The van der Waals surface area contributed by atoms with E-state index in [4.69, 9.17) is 30.3 Å². The summed E-state index contributed by atoms with van der Waals surface area (Å²) in [6.45, 7) is -0.456. The van der Waals surface area contributed by atoms with Crippen LogP contribution < -0.4 is 0 Å². The van der Waals surface area contributed by atoms with Crippen molar-refractivity contribution in [2.45, 2.75) is 25.3 Å². The first-order valence-electron chi connectivity index (χ1n) is 10.7. The lowest BCUT2D eigenvalue weighted by atomic mass is 9.79. The summed E-state index contributed by atoms with van der Waals surface area (Å²) in [5, 5.41) is 6.35. The Morgan fingerprint density at radius 3 is 2.70 bits per heavy atom. The SMILES string of the molecule is O=C(OCC(=O)N1N=C2/C(=C/c3ccco3)CCC[C@@H]2[C@H]1c1ccco1)c1ccccc1Cl. The molecule has 7 nitrogen and oxygen atoms in total. The maximum Gasteiger partial charge on any atom is 0.340 e. The van der Waals surface area contributed by atoms with Gasteiger partial charge in [0.05, 0.1) is 28.8 Å². The van der Waals surface area contributed by atoms with Gasteiger partial charge in [-0.2, -0.15) is 5.10 Å². The average Bonchev–Trinajstić information content (AvgIpc) is 3.58. The van der Waals surface area contributed by atoms with Gasteiger partial charge in [-0.1, -0.05) is 23.7 Å². The molecule has 0 bridgehead atoms. The van der Waals surface area contributed by atoms with E-state index in [1.54, 1.807) is 42.9 Å². The van der Waals surface area contributed by atoms with E-state index in [0.29, 0.717) is 5.76 Å². The summed E-state index contributed by atoms with van der Waals surface area (Å²) >= 11 is 6.06. The Hall–Kier alpha value is -3.58. The number of furan rings is 2. The standard InChI is InChI=1S/C25H21ClN2O5/c26-20-10-2-1-8-18(20)25(30)33-15-22(29)28-24(21-11-5-13-32-21)19-9-3-6-16(23(19)27-28)14-17-7-4-12-31-17/h1-2,4-5,7-8,10-14,19,24H,3,6,9,15H2/b16-14+/t19-,24-/m0/s1. The number of amides is 1. The van der Waals surface area contributed by atoms with E-state index in [-0.39, 0.29) is 16.5 Å². The number of halogens is 1. The molecule has 33 heavy (non-hydrogen) atoms. The highest BCUT2D eigenvalue weighted by atomic mass is 35.5. The van der Waals surface area contributed by atoms with E-state index in [2.05, 4.69) is 0 Å². The molecule has 1 aromatic carbocycles. The zero-order chi connectivity index (χ0) is 22.8. The fourth-order valence-electron chi connectivity index (χ4n) is 4.39. The summed E-state index contributed by atoms with van der Waals surface area (Å²) in [6.07, 6.45) is 7.83. The smallest absolute Gasteiger partial charge is 0.340 e. The molecule has 1 amide bonds. The van der Waals surface area contributed by atoms with Gasteiger partial charge in [0.1, 0.15) is 17.6 Å². The molecular formula is C25H21ClN2O5. The van der Waals surface area contributed by atoms with Gasteiger partial charge in [-0.3, -0.25) is 4.79 Å². The van der Waals surface area contributed by atoms with Gasteiger partial charge in [0.15, 0.2) is 6.61 Å².